The van der Waals surface area contributed by atoms with E-state index >= 15 is 0 Å². The number of nitrogens with zero attached hydrogens (tertiary/aromatic N) is 2. The van der Waals surface area contributed by atoms with Gasteiger partial charge in [-0.3, -0.25) is 5.32 Å². The van der Waals surface area contributed by atoms with E-state index in [4.69, 9.17) is 4.74 Å². The van der Waals surface area contributed by atoms with Gasteiger partial charge in [-0.25, -0.2) is 9.48 Å². The molecular formula is C14H16BrN3O2. The number of hydrogen-bond donors (Lipinski definition) is 1. The summed E-state index contributed by atoms with van der Waals surface area (Å²) in [6.07, 6.45) is 1.26. The molecule has 0 radical (unpaired) electrons. The highest BCUT2D eigenvalue weighted by Gasteiger charge is 2.16. The minimum atomic E-state index is -0.529. The average Bonchev–Trinajstić information content (AvgIpc) is 2.75. The van der Waals surface area contributed by atoms with Gasteiger partial charge in [-0.2, -0.15) is 0 Å². The Kier molecular flexibility index (Phi) is 4.13. The average molecular weight is 338 g/mol. The van der Waals surface area contributed by atoms with E-state index in [0.717, 1.165) is 10.2 Å². The van der Waals surface area contributed by atoms with Crippen LogP contribution >= 0.6 is 15.9 Å². The molecule has 0 saturated heterocycles. The van der Waals surface area contributed by atoms with E-state index in [9.17, 15) is 4.79 Å². The Labute approximate surface area is 126 Å². The highest BCUT2D eigenvalue weighted by atomic mass is 79.9. The molecule has 0 spiro atoms. The molecule has 1 N–H and O–H groups in total. The van der Waals surface area contributed by atoms with E-state index in [1.54, 1.807) is 16.9 Å². The lowest BCUT2D eigenvalue weighted by Crippen LogP contribution is -2.27. The molecule has 0 unspecified atom stereocenters. The van der Waals surface area contributed by atoms with Crippen LogP contribution in [0.25, 0.3) is 5.69 Å². The molecule has 0 bridgehead atoms. The van der Waals surface area contributed by atoms with Gasteiger partial charge >= 0.3 is 6.09 Å². The van der Waals surface area contributed by atoms with Crippen LogP contribution < -0.4 is 5.32 Å². The summed E-state index contributed by atoms with van der Waals surface area (Å²) in [6, 6.07) is 9.42. The molecule has 2 rings (SSSR count). The first-order valence-electron chi connectivity index (χ1n) is 6.15. The second-order valence-electron chi connectivity index (χ2n) is 5.25. The van der Waals surface area contributed by atoms with Crippen LogP contribution in [-0.4, -0.2) is 21.5 Å². The van der Waals surface area contributed by atoms with Crippen LogP contribution in [0.2, 0.25) is 0 Å². The third-order valence-corrected chi connectivity index (χ3v) is 2.84. The summed E-state index contributed by atoms with van der Waals surface area (Å²) in [5.41, 5.74) is 0.378. The molecule has 0 aliphatic heterocycles. The predicted octanol–water partition coefficient (Wildman–Crippen LogP) is 3.98. The van der Waals surface area contributed by atoms with Gasteiger partial charge in [-0.1, -0.05) is 15.9 Å². The van der Waals surface area contributed by atoms with Crippen molar-refractivity contribution in [3.63, 3.8) is 0 Å². The highest BCUT2D eigenvalue weighted by molar-refractivity contribution is 9.10. The normalized spacial score (nSPS) is 11.2. The zero-order valence-corrected chi connectivity index (χ0v) is 13.1. The summed E-state index contributed by atoms with van der Waals surface area (Å²) < 4.78 is 7.85. The first-order chi connectivity index (χ1) is 9.33. The van der Waals surface area contributed by atoms with Gasteiger partial charge in [0.2, 0.25) is 0 Å². The van der Waals surface area contributed by atoms with Crippen molar-refractivity contribution in [1.29, 1.82) is 0 Å². The number of carbonyl (C=O) groups is 1. The molecule has 0 aliphatic rings. The molecule has 6 heteroatoms. The molecule has 1 heterocycles. The van der Waals surface area contributed by atoms with Crippen molar-refractivity contribution in [3.8, 4) is 5.69 Å². The fourth-order valence-corrected chi connectivity index (χ4v) is 1.80. The van der Waals surface area contributed by atoms with Gasteiger partial charge in [0, 0.05) is 16.7 Å². The predicted molar refractivity (Wildman–Crippen MR) is 81.1 cm³/mol. The zero-order valence-electron chi connectivity index (χ0n) is 11.6. The molecule has 0 aliphatic carbocycles. The first kappa shape index (κ1) is 14.6. The van der Waals surface area contributed by atoms with Crippen molar-refractivity contribution in [1.82, 2.24) is 9.78 Å². The first-order valence-corrected chi connectivity index (χ1v) is 6.94. The van der Waals surface area contributed by atoms with Crippen molar-refractivity contribution < 1.29 is 9.53 Å². The van der Waals surface area contributed by atoms with Gasteiger partial charge in [-0.05, 0) is 45.0 Å². The summed E-state index contributed by atoms with van der Waals surface area (Å²) in [4.78, 5) is 11.6. The van der Waals surface area contributed by atoms with Gasteiger partial charge < -0.3 is 4.74 Å². The second kappa shape index (κ2) is 5.66. The zero-order chi connectivity index (χ0) is 14.8. The third-order valence-electron chi connectivity index (χ3n) is 2.31. The fraction of sp³-hybridized carbons (Fsp3) is 0.286. The Bertz CT molecular complexity index is 600. The van der Waals surface area contributed by atoms with Gasteiger partial charge in [0.15, 0.2) is 5.82 Å². The summed E-state index contributed by atoms with van der Waals surface area (Å²) in [5, 5.41) is 6.87. The quantitative estimate of drug-likeness (QED) is 0.901. The molecule has 2 aromatic rings. The van der Waals surface area contributed by atoms with Crippen LogP contribution in [0, 0.1) is 0 Å². The molecule has 0 atom stereocenters. The van der Waals surface area contributed by atoms with E-state index in [-0.39, 0.29) is 0 Å². The van der Waals surface area contributed by atoms with Crippen molar-refractivity contribution in [2.75, 3.05) is 5.32 Å². The topological polar surface area (TPSA) is 56.1 Å². The maximum Gasteiger partial charge on any atom is 0.413 e. The Morgan fingerprint density at radius 2 is 1.90 bits per heavy atom. The van der Waals surface area contributed by atoms with E-state index in [1.165, 1.54) is 0 Å². The lowest BCUT2D eigenvalue weighted by atomic mass is 10.2. The number of rotatable bonds is 2. The number of ether oxygens (including phenoxy) is 1. The number of aromatic nitrogens is 2. The van der Waals surface area contributed by atoms with Gasteiger partial charge in [0.05, 0.1) is 5.69 Å². The maximum atomic E-state index is 11.6. The van der Waals surface area contributed by atoms with Crippen LogP contribution in [0.5, 0.6) is 0 Å². The van der Waals surface area contributed by atoms with Crippen molar-refractivity contribution in [3.05, 3.63) is 41.0 Å². The van der Waals surface area contributed by atoms with Crippen molar-refractivity contribution in [2.45, 2.75) is 26.4 Å². The number of halogens is 1. The number of amides is 1. The number of hydrogen-bond acceptors (Lipinski definition) is 3. The van der Waals surface area contributed by atoms with E-state index in [1.807, 2.05) is 45.0 Å². The number of carbonyl (C=O) groups excluding carboxylic acids is 1. The molecular weight excluding hydrogens is 322 g/mol. The maximum absolute atomic E-state index is 11.6. The van der Waals surface area contributed by atoms with Gasteiger partial charge in [-0.15, -0.1) is 5.10 Å². The standard InChI is InChI=1S/C14H16BrN3O2/c1-14(2,3)20-13(19)16-12-8-9-18(17-12)11-6-4-10(15)5-7-11/h4-9H,1-3H3,(H,16,17,19). The van der Waals surface area contributed by atoms with Crippen LogP contribution in [0.4, 0.5) is 10.6 Å². The van der Waals surface area contributed by atoms with E-state index in [2.05, 4.69) is 26.3 Å². The van der Waals surface area contributed by atoms with E-state index in [0.29, 0.717) is 5.82 Å². The summed E-state index contributed by atoms with van der Waals surface area (Å²) in [7, 11) is 0. The fourth-order valence-electron chi connectivity index (χ4n) is 1.54. The summed E-state index contributed by atoms with van der Waals surface area (Å²) in [5.74, 6) is 0.446. The van der Waals surface area contributed by atoms with E-state index < -0.39 is 11.7 Å². The smallest absolute Gasteiger partial charge is 0.413 e. The molecule has 1 aromatic heterocycles. The SMILES string of the molecule is CC(C)(C)OC(=O)Nc1ccn(-c2ccc(Br)cc2)n1. The molecule has 1 aromatic carbocycles. The highest BCUT2D eigenvalue weighted by Crippen LogP contribution is 2.15. The molecule has 20 heavy (non-hydrogen) atoms. The molecule has 0 saturated carbocycles. The minimum Gasteiger partial charge on any atom is -0.444 e. The van der Waals surface area contributed by atoms with Crippen molar-refractivity contribution in [2.24, 2.45) is 0 Å². The van der Waals surface area contributed by atoms with Gasteiger partial charge in [0.25, 0.3) is 0 Å². The summed E-state index contributed by atoms with van der Waals surface area (Å²) in [6.45, 7) is 5.44. The largest absolute Gasteiger partial charge is 0.444 e. The number of benzene rings is 1. The third kappa shape index (κ3) is 4.09. The minimum absolute atomic E-state index is 0.446. The molecule has 0 fully saturated rings. The molecule has 106 valence electrons. The second-order valence-corrected chi connectivity index (χ2v) is 6.16. The van der Waals surface area contributed by atoms with Crippen LogP contribution in [0.15, 0.2) is 41.0 Å². The summed E-state index contributed by atoms with van der Waals surface area (Å²) >= 11 is 3.38. The number of nitrogens with one attached hydrogen (secondary N) is 1. The Morgan fingerprint density at radius 1 is 1.25 bits per heavy atom. The van der Waals surface area contributed by atoms with Crippen LogP contribution in [0.3, 0.4) is 0 Å². The Balaban J connectivity index is 2.06. The monoisotopic (exact) mass is 337 g/mol. The Morgan fingerprint density at radius 3 is 2.50 bits per heavy atom. The molecule has 1 amide bonds. The molecule has 5 nitrogen and oxygen atoms in total. The van der Waals surface area contributed by atoms with Crippen molar-refractivity contribution >= 4 is 27.8 Å². The lowest BCUT2D eigenvalue weighted by Gasteiger charge is -2.19. The van der Waals surface area contributed by atoms with Crippen LogP contribution in [-0.2, 0) is 4.74 Å². The van der Waals surface area contributed by atoms with Gasteiger partial charge in [0.1, 0.15) is 5.60 Å². The lowest BCUT2D eigenvalue weighted by molar-refractivity contribution is 0.0635. The van der Waals surface area contributed by atoms with Crippen LogP contribution in [0.1, 0.15) is 20.8 Å². The number of anilines is 1. The Hall–Kier alpha value is -1.82.